The van der Waals surface area contributed by atoms with Gasteiger partial charge in [-0.05, 0) is 63.4 Å². The van der Waals surface area contributed by atoms with E-state index >= 15 is 0 Å². The number of rotatable bonds is 12. The van der Waals surface area contributed by atoms with Crippen LogP contribution in [0.5, 0.6) is 11.5 Å². The van der Waals surface area contributed by atoms with E-state index in [4.69, 9.17) is 29.3 Å². The lowest BCUT2D eigenvalue weighted by atomic mass is 10.0. The van der Waals surface area contributed by atoms with Gasteiger partial charge >= 0.3 is 0 Å². The molecule has 0 spiro atoms. The Morgan fingerprint density at radius 2 is 2.12 bits per heavy atom. The van der Waals surface area contributed by atoms with Crippen LogP contribution in [0.3, 0.4) is 0 Å². The van der Waals surface area contributed by atoms with Crippen LogP contribution in [0.25, 0.3) is 10.9 Å². The highest BCUT2D eigenvalue weighted by Gasteiger charge is 2.16. The summed E-state index contributed by atoms with van der Waals surface area (Å²) >= 11 is 6.48. The number of fused-ring (bicyclic) bond motifs is 1. The molecule has 0 saturated heterocycles. The van der Waals surface area contributed by atoms with Gasteiger partial charge in [0, 0.05) is 52.2 Å². The molecule has 2 aromatic heterocycles. The normalized spacial score (nSPS) is 14.2. The quantitative estimate of drug-likeness (QED) is 0.207. The van der Waals surface area contributed by atoms with Crippen molar-refractivity contribution in [3.8, 4) is 17.6 Å². The van der Waals surface area contributed by atoms with E-state index < -0.39 is 19.3 Å². The first-order chi connectivity index (χ1) is 21.7. The van der Waals surface area contributed by atoms with Crippen molar-refractivity contribution < 1.29 is 22.5 Å². The van der Waals surface area contributed by atoms with Gasteiger partial charge in [-0.1, -0.05) is 23.7 Å². The molecule has 0 bridgehead atoms. The minimum absolute atomic E-state index is 0.0771. The number of ether oxygens (including phenoxy) is 2. The van der Waals surface area contributed by atoms with Crippen molar-refractivity contribution in [2.45, 2.75) is 19.9 Å². The summed E-state index contributed by atoms with van der Waals surface area (Å²) in [5.41, 5.74) is 2.09. The average Bonchev–Trinajstić information content (AvgIpc) is 2.99. The summed E-state index contributed by atoms with van der Waals surface area (Å²) in [5, 5.41) is 13.7. The van der Waals surface area contributed by atoms with Gasteiger partial charge < -0.3 is 19.7 Å². The number of anilines is 2. The summed E-state index contributed by atoms with van der Waals surface area (Å²) in [5.74, 6) is 0.0471. The molecule has 0 aliphatic heterocycles. The molecular weight excluding hydrogens is 526 g/mol. The summed E-state index contributed by atoms with van der Waals surface area (Å²) in [6, 6.07) is 14.7. The van der Waals surface area contributed by atoms with E-state index in [1.165, 1.54) is 37.6 Å². The first-order valence-electron chi connectivity index (χ1n) is 15.3. The second kappa shape index (κ2) is 13.6. The third-order valence-corrected chi connectivity index (χ3v) is 5.85. The van der Waals surface area contributed by atoms with Crippen LogP contribution in [0.4, 0.5) is 11.4 Å². The number of nitriles is 1. The van der Waals surface area contributed by atoms with E-state index in [1.54, 1.807) is 37.3 Å². The van der Waals surface area contributed by atoms with Crippen molar-refractivity contribution >= 4 is 39.7 Å². The van der Waals surface area contributed by atoms with Gasteiger partial charge in [0.1, 0.15) is 24.1 Å². The first-order valence-corrected chi connectivity index (χ1v) is 12.7. The molecule has 0 aliphatic rings. The maximum atomic E-state index is 13.0. The van der Waals surface area contributed by atoms with Gasteiger partial charge in [-0.15, -0.1) is 0 Å². The van der Waals surface area contributed by atoms with Gasteiger partial charge in [0.25, 0.3) is 0 Å². The van der Waals surface area contributed by atoms with Crippen LogP contribution in [0.1, 0.15) is 32.0 Å². The highest BCUT2D eigenvalue weighted by molar-refractivity contribution is 6.32. The number of halogens is 1. The Kier molecular flexibility index (Phi) is 7.25. The molecule has 4 aromatic rings. The fraction of sp³-hybridized carbons (Fsp3) is 0.226. The molecule has 0 amide bonds. The van der Waals surface area contributed by atoms with Crippen LogP contribution in [0.2, 0.25) is 5.02 Å². The minimum Gasteiger partial charge on any atom is -0.494 e. The van der Waals surface area contributed by atoms with Crippen molar-refractivity contribution in [2.75, 3.05) is 32.5 Å². The monoisotopic (exact) mass is 561 g/mol. The number of nitrogens with one attached hydrogen (secondary N) is 1. The predicted octanol–water partition coefficient (Wildman–Crippen LogP) is 6.11. The molecule has 2 heterocycles. The summed E-state index contributed by atoms with van der Waals surface area (Å²) < 4.78 is 58.3. The topological polar surface area (TPSA) is 100 Å². The Morgan fingerprint density at radius 3 is 2.85 bits per heavy atom. The number of aromatic nitrogens is 2. The van der Waals surface area contributed by atoms with Crippen LogP contribution >= 0.6 is 11.6 Å². The van der Waals surface area contributed by atoms with E-state index in [0.717, 1.165) is 11.0 Å². The summed E-state index contributed by atoms with van der Waals surface area (Å²) in [6.07, 6.45) is 3.80. The first kappa shape index (κ1) is 21.4. The molecule has 9 heteroatoms. The molecule has 0 unspecified atom stereocenters. The Hall–Kier alpha value is -4.45. The van der Waals surface area contributed by atoms with Crippen molar-refractivity contribution in [3.63, 3.8) is 0 Å². The second-order valence-corrected chi connectivity index (χ2v) is 9.01. The van der Waals surface area contributed by atoms with Gasteiger partial charge in [0.2, 0.25) is 0 Å². The molecule has 0 radical (unpaired) electrons. The molecule has 4 rings (SSSR count). The molecule has 0 atom stereocenters. The summed E-state index contributed by atoms with van der Waals surface area (Å²) in [6.45, 7) is -2.78. The van der Waals surface area contributed by atoms with E-state index in [2.05, 4.69) is 21.4 Å². The molecule has 1 N–H and O–H groups in total. The van der Waals surface area contributed by atoms with Gasteiger partial charge in [-0.3, -0.25) is 14.8 Å². The third-order valence-electron chi connectivity index (χ3n) is 5.56. The van der Waals surface area contributed by atoms with Gasteiger partial charge in [0.15, 0.2) is 5.78 Å². The average molecular weight is 562 g/mol. The van der Waals surface area contributed by atoms with Gasteiger partial charge in [-0.2, -0.15) is 5.26 Å². The van der Waals surface area contributed by atoms with Gasteiger partial charge in [-0.25, -0.2) is 0 Å². The Bertz CT molecular complexity index is 1810. The smallest absolute Gasteiger partial charge is 0.159 e. The predicted molar refractivity (Wildman–Crippen MR) is 157 cm³/mol. The molecule has 0 saturated carbocycles. The number of pyridine rings is 2. The highest BCUT2D eigenvalue weighted by Crippen LogP contribution is 2.36. The standard InChI is InChI=1S/C31H30ClN5O3/c1-4-39-30-17-28-26(15-21(30)14-25(38)9-7-13-37(2)3)31(22(18-33)19-35-28)36-23-10-11-29(27(32)16-23)40-20-24-8-5-6-12-34-24/h5-12,15-17,19H,4,13-14,20H2,1-3H3,(H,35,36)/b9-7+/i2D3,7D,20D2. The number of hydrogen-bond acceptors (Lipinski definition) is 8. The Balaban J connectivity index is 1.66. The number of likely N-dealkylation sites (N-methyl/N-ethyl adjacent to an activating group) is 1. The van der Waals surface area contributed by atoms with Crippen LogP contribution in [0, 0.1) is 11.3 Å². The van der Waals surface area contributed by atoms with Crippen molar-refractivity contribution in [2.24, 2.45) is 0 Å². The lowest BCUT2D eigenvalue weighted by molar-refractivity contribution is -0.114. The summed E-state index contributed by atoms with van der Waals surface area (Å²) in [7, 11) is 1.35. The molecular formula is C31H30ClN5O3. The Morgan fingerprint density at radius 1 is 1.25 bits per heavy atom. The van der Waals surface area contributed by atoms with Crippen LogP contribution < -0.4 is 14.8 Å². The molecule has 8 nitrogen and oxygen atoms in total. The van der Waals surface area contributed by atoms with Crippen LogP contribution in [0.15, 0.2) is 73.1 Å². The Labute approximate surface area is 247 Å². The number of carbonyl (C=O) groups is 1. The van der Waals surface area contributed by atoms with Crippen molar-refractivity contribution in [1.82, 2.24) is 14.9 Å². The number of benzene rings is 2. The zero-order valence-electron chi connectivity index (χ0n) is 27.9. The van der Waals surface area contributed by atoms with E-state index in [1.807, 2.05) is 0 Å². The van der Waals surface area contributed by atoms with Crippen molar-refractivity contribution in [3.05, 3.63) is 94.9 Å². The van der Waals surface area contributed by atoms with Crippen LogP contribution in [-0.4, -0.2) is 47.8 Å². The highest BCUT2D eigenvalue weighted by atomic mass is 35.5. The number of ketones is 1. The van der Waals surface area contributed by atoms with E-state index in [0.29, 0.717) is 40.2 Å². The zero-order chi connectivity index (χ0) is 33.6. The maximum absolute atomic E-state index is 13.0. The number of hydrogen-bond donors (Lipinski definition) is 1. The van der Waals surface area contributed by atoms with Gasteiger partial charge in [0.05, 0.1) is 38.2 Å². The molecule has 204 valence electrons. The fourth-order valence-electron chi connectivity index (χ4n) is 3.78. The minimum atomic E-state index is -2.40. The third kappa shape index (κ3) is 7.35. The lowest BCUT2D eigenvalue weighted by Crippen LogP contribution is -2.11. The molecule has 2 aromatic carbocycles. The largest absolute Gasteiger partial charge is 0.494 e. The van der Waals surface area contributed by atoms with E-state index in [-0.39, 0.29) is 41.0 Å². The van der Waals surface area contributed by atoms with Crippen molar-refractivity contribution in [1.29, 1.82) is 5.26 Å². The maximum Gasteiger partial charge on any atom is 0.159 e. The lowest BCUT2D eigenvalue weighted by Gasteiger charge is -2.16. The molecule has 40 heavy (non-hydrogen) atoms. The number of nitrogens with zero attached hydrogens (tertiary/aromatic N) is 4. The van der Waals surface area contributed by atoms with Crippen LogP contribution in [-0.2, 0) is 17.8 Å². The zero-order valence-corrected chi connectivity index (χ0v) is 22.6. The SMILES string of the molecule is [2H]/C(=C\C(=O)Cc1cc2c(Nc3ccc(OC([2H])([2H])c4ccccn4)c(Cl)c3)c(C#N)cnc2cc1OCC)CN(C)C([2H])([2H])[2H]. The molecule has 0 fully saturated rings. The number of allylic oxidation sites excluding steroid dienone is 1. The van der Waals surface area contributed by atoms with E-state index in [9.17, 15) is 10.1 Å². The molecule has 0 aliphatic carbocycles. The fourth-order valence-corrected chi connectivity index (χ4v) is 4.00. The summed E-state index contributed by atoms with van der Waals surface area (Å²) in [4.78, 5) is 22.4. The number of carbonyl (C=O) groups excluding carboxylic acids is 1. The second-order valence-electron chi connectivity index (χ2n) is 8.61.